The first-order valence-corrected chi connectivity index (χ1v) is 8.23. The van der Waals surface area contributed by atoms with Gasteiger partial charge >= 0.3 is 0 Å². The maximum atomic E-state index is 13.3. The lowest BCUT2D eigenvalue weighted by molar-refractivity contribution is -0.0627. The second-order valence-corrected chi connectivity index (χ2v) is 6.50. The van der Waals surface area contributed by atoms with Gasteiger partial charge < -0.3 is 5.73 Å². The molecule has 2 aliphatic rings. The molecule has 2 N–H and O–H groups in total. The minimum Gasteiger partial charge on any atom is -0.329 e. The van der Waals surface area contributed by atoms with Crippen LogP contribution in [0, 0.1) is 0 Å². The van der Waals surface area contributed by atoms with E-state index >= 15 is 0 Å². The molecule has 1 saturated carbocycles. The zero-order chi connectivity index (χ0) is 15.6. The molecule has 0 spiro atoms. The van der Waals surface area contributed by atoms with Gasteiger partial charge in [0.1, 0.15) is 5.82 Å². The number of rotatable bonds is 4. The first-order chi connectivity index (χ1) is 10.6. The maximum Gasteiger partial charge on any atom is 0.250 e. The monoisotopic (exact) mass is 310 g/mol. The zero-order valence-electron chi connectivity index (χ0n) is 12.8. The predicted molar refractivity (Wildman–Crippen MR) is 80.8 cm³/mol. The van der Waals surface area contributed by atoms with Crippen molar-refractivity contribution in [3.63, 3.8) is 0 Å². The highest BCUT2D eigenvalue weighted by molar-refractivity contribution is 5.14. The standard InChI is InChI=1S/C16H24F2N4/c17-16(18)5-7-22(8-6-16)14(9-19)13-10-20-15(21-11-13)12-3-1-2-4-12/h10-12,14H,1-9,19H2. The molecule has 1 atom stereocenters. The SMILES string of the molecule is NCC(c1cnc(C2CCCC2)nc1)N1CCC(F)(F)CC1. The molecule has 1 unspecified atom stereocenters. The second-order valence-electron chi connectivity index (χ2n) is 6.50. The van der Waals surface area contributed by atoms with Crippen LogP contribution in [-0.4, -0.2) is 40.4 Å². The van der Waals surface area contributed by atoms with Gasteiger partial charge in [-0.15, -0.1) is 0 Å². The summed E-state index contributed by atoms with van der Waals surface area (Å²) in [6.07, 6.45) is 8.33. The minimum absolute atomic E-state index is 0.0614. The highest BCUT2D eigenvalue weighted by atomic mass is 19.3. The molecule has 0 bridgehead atoms. The van der Waals surface area contributed by atoms with E-state index in [9.17, 15) is 8.78 Å². The Bertz CT molecular complexity index is 475. The maximum absolute atomic E-state index is 13.3. The van der Waals surface area contributed by atoms with E-state index in [4.69, 9.17) is 5.73 Å². The average Bonchev–Trinajstić information content (AvgIpc) is 3.04. The van der Waals surface area contributed by atoms with Crippen LogP contribution in [0.25, 0.3) is 0 Å². The molecule has 0 amide bonds. The van der Waals surface area contributed by atoms with Gasteiger partial charge in [-0.3, -0.25) is 4.90 Å². The third-order valence-electron chi connectivity index (χ3n) is 4.99. The highest BCUT2D eigenvalue weighted by Crippen LogP contribution is 2.33. The van der Waals surface area contributed by atoms with Gasteiger partial charge in [0.2, 0.25) is 0 Å². The fourth-order valence-electron chi connectivity index (χ4n) is 3.57. The molecule has 1 aromatic heterocycles. The van der Waals surface area contributed by atoms with Crippen LogP contribution in [0.4, 0.5) is 8.78 Å². The van der Waals surface area contributed by atoms with E-state index in [2.05, 4.69) is 9.97 Å². The Morgan fingerprint density at radius 3 is 2.32 bits per heavy atom. The lowest BCUT2D eigenvalue weighted by atomic mass is 10.0. The lowest BCUT2D eigenvalue weighted by Gasteiger charge is -2.36. The number of nitrogens with two attached hydrogens (primary N) is 1. The summed E-state index contributed by atoms with van der Waals surface area (Å²) in [5, 5.41) is 0. The van der Waals surface area contributed by atoms with E-state index in [1.54, 1.807) is 0 Å². The fourth-order valence-corrected chi connectivity index (χ4v) is 3.57. The Hall–Kier alpha value is -1.14. The molecule has 4 nitrogen and oxygen atoms in total. The summed E-state index contributed by atoms with van der Waals surface area (Å²) in [6, 6.07) is -0.0614. The van der Waals surface area contributed by atoms with Gasteiger partial charge in [0.05, 0.1) is 6.04 Å². The molecule has 0 aromatic carbocycles. The third-order valence-corrected chi connectivity index (χ3v) is 4.99. The van der Waals surface area contributed by atoms with Gasteiger partial charge in [0.25, 0.3) is 5.92 Å². The van der Waals surface area contributed by atoms with Gasteiger partial charge in [-0.05, 0) is 12.8 Å². The van der Waals surface area contributed by atoms with Crippen molar-refractivity contribution in [3.8, 4) is 0 Å². The Morgan fingerprint density at radius 2 is 1.77 bits per heavy atom. The summed E-state index contributed by atoms with van der Waals surface area (Å²) >= 11 is 0. The summed E-state index contributed by atoms with van der Waals surface area (Å²) in [6.45, 7) is 1.15. The van der Waals surface area contributed by atoms with E-state index in [0.29, 0.717) is 25.6 Å². The van der Waals surface area contributed by atoms with Crippen molar-refractivity contribution in [2.75, 3.05) is 19.6 Å². The molecule has 1 aromatic rings. The van der Waals surface area contributed by atoms with Crippen molar-refractivity contribution in [3.05, 3.63) is 23.8 Å². The number of hydrogen-bond donors (Lipinski definition) is 1. The van der Waals surface area contributed by atoms with E-state index < -0.39 is 5.92 Å². The Balaban J connectivity index is 1.68. The van der Waals surface area contributed by atoms with Gasteiger partial charge in [0, 0.05) is 56.4 Å². The largest absolute Gasteiger partial charge is 0.329 e. The molecule has 3 rings (SSSR count). The quantitative estimate of drug-likeness (QED) is 0.929. The van der Waals surface area contributed by atoms with Crippen LogP contribution in [0.3, 0.4) is 0 Å². The highest BCUT2D eigenvalue weighted by Gasteiger charge is 2.36. The van der Waals surface area contributed by atoms with Crippen LogP contribution >= 0.6 is 0 Å². The van der Waals surface area contributed by atoms with Crippen molar-refractivity contribution >= 4 is 0 Å². The van der Waals surface area contributed by atoms with Gasteiger partial charge in [-0.25, -0.2) is 18.7 Å². The van der Waals surface area contributed by atoms with E-state index in [1.807, 2.05) is 17.3 Å². The molecule has 122 valence electrons. The number of alkyl halides is 2. The van der Waals surface area contributed by atoms with Crippen molar-refractivity contribution in [2.45, 2.75) is 56.4 Å². The van der Waals surface area contributed by atoms with Gasteiger partial charge in [-0.2, -0.15) is 0 Å². The zero-order valence-corrected chi connectivity index (χ0v) is 12.8. The molecular formula is C16H24F2N4. The van der Waals surface area contributed by atoms with Crippen molar-refractivity contribution in [1.29, 1.82) is 0 Å². The summed E-state index contributed by atoms with van der Waals surface area (Å²) in [4.78, 5) is 11.1. The molecular weight excluding hydrogens is 286 g/mol. The van der Waals surface area contributed by atoms with E-state index in [1.165, 1.54) is 25.7 Å². The molecule has 0 radical (unpaired) electrons. The van der Waals surface area contributed by atoms with E-state index in [0.717, 1.165) is 11.4 Å². The molecule has 2 heterocycles. The van der Waals surface area contributed by atoms with Crippen molar-refractivity contribution in [1.82, 2.24) is 14.9 Å². The number of likely N-dealkylation sites (tertiary alicyclic amines) is 1. The number of halogens is 2. The van der Waals surface area contributed by atoms with Crippen molar-refractivity contribution < 1.29 is 8.78 Å². The third kappa shape index (κ3) is 3.43. The molecule has 1 saturated heterocycles. The summed E-state index contributed by atoms with van der Waals surface area (Å²) < 4.78 is 26.6. The Morgan fingerprint density at radius 1 is 1.18 bits per heavy atom. The first kappa shape index (κ1) is 15.7. The predicted octanol–water partition coefficient (Wildman–Crippen LogP) is 2.87. The molecule has 2 fully saturated rings. The Labute approximate surface area is 130 Å². The van der Waals surface area contributed by atoms with Crippen molar-refractivity contribution in [2.24, 2.45) is 5.73 Å². The number of piperidine rings is 1. The summed E-state index contributed by atoms with van der Waals surface area (Å²) in [7, 11) is 0. The number of hydrogen-bond acceptors (Lipinski definition) is 4. The topological polar surface area (TPSA) is 55.0 Å². The fraction of sp³-hybridized carbons (Fsp3) is 0.750. The van der Waals surface area contributed by atoms with Crippen LogP contribution in [-0.2, 0) is 0 Å². The van der Waals surface area contributed by atoms with E-state index in [-0.39, 0.29) is 18.9 Å². The lowest BCUT2D eigenvalue weighted by Crippen LogP contribution is -2.43. The van der Waals surface area contributed by atoms with Crippen LogP contribution in [0.15, 0.2) is 12.4 Å². The first-order valence-electron chi connectivity index (χ1n) is 8.23. The van der Waals surface area contributed by atoms with Crippen LogP contribution in [0.5, 0.6) is 0 Å². The average molecular weight is 310 g/mol. The molecule has 22 heavy (non-hydrogen) atoms. The van der Waals surface area contributed by atoms with Crippen LogP contribution in [0.2, 0.25) is 0 Å². The van der Waals surface area contributed by atoms with Crippen LogP contribution in [0.1, 0.15) is 61.9 Å². The number of aromatic nitrogens is 2. The van der Waals surface area contributed by atoms with Gasteiger partial charge in [0.15, 0.2) is 0 Å². The smallest absolute Gasteiger partial charge is 0.250 e. The van der Waals surface area contributed by atoms with Crippen LogP contribution < -0.4 is 5.73 Å². The molecule has 6 heteroatoms. The normalized spacial score (nSPS) is 24.5. The minimum atomic E-state index is -2.53. The number of nitrogens with zero attached hydrogens (tertiary/aromatic N) is 3. The molecule has 1 aliphatic heterocycles. The summed E-state index contributed by atoms with van der Waals surface area (Å²) in [5.41, 5.74) is 6.82. The molecule has 1 aliphatic carbocycles. The summed E-state index contributed by atoms with van der Waals surface area (Å²) in [5.74, 6) is -1.13. The second kappa shape index (κ2) is 6.54. The Kier molecular flexibility index (Phi) is 4.68. The van der Waals surface area contributed by atoms with Gasteiger partial charge in [-0.1, -0.05) is 12.8 Å².